The average Bonchev–Trinajstić information content (AvgIpc) is 3.20. The molecule has 9 heteroatoms. The molecule has 0 fully saturated rings. The molecule has 2 heterocycles. The van der Waals surface area contributed by atoms with E-state index in [9.17, 15) is 14.0 Å². The molecule has 0 saturated carbocycles. The first-order chi connectivity index (χ1) is 14.5. The number of ether oxygens (including phenoxy) is 1. The summed E-state index contributed by atoms with van der Waals surface area (Å²) in [6.07, 6.45) is 0.418. The Morgan fingerprint density at radius 1 is 1.23 bits per heavy atom. The molecule has 0 unspecified atom stereocenters. The number of H-pyrrole nitrogens is 1. The van der Waals surface area contributed by atoms with Gasteiger partial charge in [0, 0.05) is 23.8 Å². The molecule has 0 aliphatic rings. The lowest BCUT2D eigenvalue weighted by Gasteiger charge is -2.04. The molecule has 2 N–H and O–H groups in total. The summed E-state index contributed by atoms with van der Waals surface area (Å²) in [7, 11) is 1.40. The van der Waals surface area contributed by atoms with Gasteiger partial charge in [-0.15, -0.1) is 11.3 Å². The molecule has 0 bridgehead atoms. The van der Waals surface area contributed by atoms with E-state index in [4.69, 9.17) is 4.74 Å². The zero-order valence-electron chi connectivity index (χ0n) is 15.9. The number of hydrogen-bond acceptors (Lipinski definition) is 6. The Morgan fingerprint density at radius 3 is 2.87 bits per heavy atom. The number of carbonyl (C=O) groups is 1. The monoisotopic (exact) mass is 424 g/mol. The normalized spacial score (nSPS) is 10.9. The molecule has 30 heavy (non-hydrogen) atoms. The molecule has 0 spiro atoms. The number of methoxy groups -OCH3 is 1. The van der Waals surface area contributed by atoms with Gasteiger partial charge in [0.15, 0.2) is 16.7 Å². The van der Waals surface area contributed by atoms with E-state index in [1.54, 1.807) is 35.7 Å². The first-order valence-electron chi connectivity index (χ1n) is 9.11. The predicted octanol–water partition coefficient (Wildman–Crippen LogP) is 3.77. The van der Waals surface area contributed by atoms with Gasteiger partial charge in [-0.25, -0.2) is 14.4 Å². The van der Waals surface area contributed by atoms with Crippen LogP contribution in [0.1, 0.15) is 12.2 Å². The van der Waals surface area contributed by atoms with Crippen LogP contribution in [0, 0.1) is 5.82 Å². The molecular weight excluding hydrogens is 407 g/mol. The summed E-state index contributed by atoms with van der Waals surface area (Å²) in [5, 5.41) is 5.38. The Kier molecular flexibility index (Phi) is 5.53. The number of anilines is 1. The van der Waals surface area contributed by atoms with Gasteiger partial charge in [0.05, 0.1) is 23.7 Å². The minimum absolute atomic E-state index is 0.132. The second kappa shape index (κ2) is 8.42. The summed E-state index contributed by atoms with van der Waals surface area (Å²) in [5.41, 5.74) is 1.50. The van der Waals surface area contributed by atoms with E-state index in [1.165, 1.54) is 30.6 Å². The number of aromatic amines is 1. The van der Waals surface area contributed by atoms with Crippen molar-refractivity contribution in [2.45, 2.75) is 12.8 Å². The summed E-state index contributed by atoms with van der Waals surface area (Å²) in [5.74, 6) is -0.136. The van der Waals surface area contributed by atoms with E-state index in [-0.39, 0.29) is 30.1 Å². The van der Waals surface area contributed by atoms with Crippen molar-refractivity contribution in [1.29, 1.82) is 0 Å². The van der Waals surface area contributed by atoms with Crippen molar-refractivity contribution >= 4 is 33.3 Å². The molecule has 0 radical (unpaired) electrons. The fraction of sp³-hybridized carbons (Fsp3) is 0.143. The molecule has 4 aromatic rings. The Bertz CT molecular complexity index is 1280. The quantitative estimate of drug-likeness (QED) is 0.491. The van der Waals surface area contributed by atoms with Crippen LogP contribution in [0.25, 0.3) is 22.2 Å². The van der Waals surface area contributed by atoms with Crippen LogP contribution in [0.15, 0.2) is 52.6 Å². The molecule has 4 rings (SSSR count). The lowest BCUT2D eigenvalue weighted by Crippen LogP contribution is -2.16. The van der Waals surface area contributed by atoms with Crippen LogP contribution in [0.2, 0.25) is 0 Å². The maximum absolute atomic E-state index is 13.9. The summed E-state index contributed by atoms with van der Waals surface area (Å²) in [6.45, 7) is 0. The third-order valence-corrected chi connectivity index (χ3v) is 5.21. The SMILES string of the molecule is COc1ccc(-c2csc(NC(=O)CCc3nc4ccccc4c(=O)[nH]3)n2)cc1F. The standard InChI is InChI=1S/C21H17FN4O3S/c1-29-17-7-6-12(10-14(17)22)16-11-30-21(24-16)26-19(27)9-8-18-23-15-5-3-2-4-13(15)20(28)25-18/h2-7,10-11H,8-9H2,1H3,(H,23,25,28)(H,24,26,27). The van der Waals surface area contributed by atoms with Gasteiger partial charge in [0.25, 0.3) is 5.56 Å². The molecule has 1 amide bonds. The minimum atomic E-state index is -0.481. The lowest BCUT2D eigenvalue weighted by molar-refractivity contribution is -0.116. The van der Waals surface area contributed by atoms with Gasteiger partial charge < -0.3 is 15.0 Å². The fourth-order valence-electron chi connectivity index (χ4n) is 2.96. The minimum Gasteiger partial charge on any atom is -0.494 e. The molecule has 0 aliphatic carbocycles. The molecule has 0 atom stereocenters. The molecule has 0 aliphatic heterocycles. The van der Waals surface area contributed by atoms with Crippen molar-refractivity contribution in [3.63, 3.8) is 0 Å². The van der Waals surface area contributed by atoms with Crippen LogP contribution in [0.4, 0.5) is 9.52 Å². The van der Waals surface area contributed by atoms with Gasteiger partial charge in [0.1, 0.15) is 5.82 Å². The topological polar surface area (TPSA) is 97.0 Å². The second-order valence-corrected chi connectivity index (χ2v) is 7.32. The average molecular weight is 424 g/mol. The second-order valence-electron chi connectivity index (χ2n) is 6.47. The number of amides is 1. The van der Waals surface area contributed by atoms with E-state index in [2.05, 4.69) is 20.3 Å². The maximum Gasteiger partial charge on any atom is 0.258 e. The Hall–Kier alpha value is -3.59. The Morgan fingerprint density at radius 2 is 2.07 bits per heavy atom. The smallest absolute Gasteiger partial charge is 0.258 e. The molecular formula is C21H17FN4O3S. The number of hydrogen-bond donors (Lipinski definition) is 2. The third-order valence-electron chi connectivity index (χ3n) is 4.45. The number of thiazole rings is 1. The van der Waals surface area contributed by atoms with Crippen LogP contribution in [0.3, 0.4) is 0 Å². The summed E-state index contributed by atoms with van der Waals surface area (Å²) >= 11 is 1.24. The molecule has 152 valence electrons. The number of halogens is 1. The van der Waals surface area contributed by atoms with Crippen molar-refractivity contribution in [2.75, 3.05) is 12.4 Å². The van der Waals surface area contributed by atoms with Crippen molar-refractivity contribution in [3.8, 4) is 17.0 Å². The van der Waals surface area contributed by atoms with Gasteiger partial charge in [-0.1, -0.05) is 12.1 Å². The molecule has 7 nitrogen and oxygen atoms in total. The first kappa shape index (κ1) is 19.7. The lowest BCUT2D eigenvalue weighted by atomic mass is 10.1. The third kappa shape index (κ3) is 4.20. The molecule has 2 aromatic heterocycles. The van der Waals surface area contributed by atoms with E-state index < -0.39 is 5.82 Å². The highest BCUT2D eigenvalue weighted by Gasteiger charge is 2.12. The number of aryl methyl sites for hydroxylation is 1. The highest BCUT2D eigenvalue weighted by Crippen LogP contribution is 2.28. The van der Waals surface area contributed by atoms with Crippen LogP contribution >= 0.6 is 11.3 Å². The predicted molar refractivity (Wildman–Crippen MR) is 113 cm³/mol. The van der Waals surface area contributed by atoms with E-state index in [0.29, 0.717) is 33.1 Å². The number of benzene rings is 2. The first-order valence-corrected chi connectivity index (χ1v) is 9.98. The summed E-state index contributed by atoms with van der Waals surface area (Å²) in [6, 6.07) is 11.6. The van der Waals surface area contributed by atoms with Gasteiger partial charge in [0.2, 0.25) is 5.91 Å². The van der Waals surface area contributed by atoms with E-state index in [0.717, 1.165) is 0 Å². The van der Waals surface area contributed by atoms with Gasteiger partial charge >= 0.3 is 0 Å². The number of aromatic nitrogens is 3. The number of nitrogens with one attached hydrogen (secondary N) is 2. The number of fused-ring (bicyclic) bond motifs is 1. The summed E-state index contributed by atoms with van der Waals surface area (Å²) in [4.78, 5) is 35.8. The van der Waals surface area contributed by atoms with Crippen molar-refractivity contribution < 1.29 is 13.9 Å². The summed E-state index contributed by atoms with van der Waals surface area (Å²) < 4.78 is 18.8. The zero-order chi connectivity index (χ0) is 21.1. The Balaban J connectivity index is 1.40. The van der Waals surface area contributed by atoms with Gasteiger partial charge in [-0.2, -0.15) is 0 Å². The van der Waals surface area contributed by atoms with E-state index in [1.807, 2.05) is 0 Å². The number of nitrogens with zero attached hydrogens (tertiary/aromatic N) is 2. The molecule has 0 saturated heterocycles. The largest absolute Gasteiger partial charge is 0.494 e. The maximum atomic E-state index is 13.9. The number of carbonyl (C=O) groups excluding carboxylic acids is 1. The number of rotatable bonds is 6. The van der Waals surface area contributed by atoms with Crippen molar-refractivity contribution in [2.24, 2.45) is 0 Å². The highest BCUT2D eigenvalue weighted by molar-refractivity contribution is 7.14. The Labute approximate surface area is 174 Å². The fourth-order valence-corrected chi connectivity index (χ4v) is 3.69. The van der Waals surface area contributed by atoms with Crippen molar-refractivity contribution in [3.05, 3.63) is 69.8 Å². The van der Waals surface area contributed by atoms with Crippen LogP contribution in [-0.2, 0) is 11.2 Å². The van der Waals surface area contributed by atoms with Gasteiger partial charge in [-0.05, 0) is 30.3 Å². The van der Waals surface area contributed by atoms with Crippen LogP contribution in [0.5, 0.6) is 5.75 Å². The van der Waals surface area contributed by atoms with Crippen LogP contribution < -0.4 is 15.6 Å². The van der Waals surface area contributed by atoms with Gasteiger partial charge in [-0.3, -0.25) is 9.59 Å². The van der Waals surface area contributed by atoms with E-state index >= 15 is 0 Å². The zero-order valence-corrected chi connectivity index (χ0v) is 16.8. The molecule has 2 aromatic carbocycles. The highest BCUT2D eigenvalue weighted by atomic mass is 32.1. The van der Waals surface area contributed by atoms with Crippen LogP contribution in [-0.4, -0.2) is 28.0 Å². The van der Waals surface area contributed by atoms with Crippen molar-refractivity contribution in [1.82, 2.24) is 15.0 Å². The number of para-hydroxylation sites is 1.